The Balaban J connectivity index is 0.00000484. The highest BCUT2D eigenvalue weighted by Crippen LogP contribution is 2.36. The third kappa shape index (κ3) is 7.48. The van der Waals surface area contributed by atoms with E-state index in [9.17, 15) is 0 Å². The number of hydrogen-bond donors (Lipinski definition) is 2. The van der Waals surface area contributed by atoms with Crippen molar-refractivity contribution in [2.75, 3.05) is 26.8 Å². The molecule has 1 aromatic carbocycles. The summed E-state index contributed by atoms with van der Waals surface area (Å²) in [6.45, 7) is 8.84. The van der Waals surface area contributed by atoms with Crippen molar-refractivity contribution in [2.24, 2.45) is 4.99 Å². The van der Waals surface area contributed by atoms with Gasteiger partial charge >= 0.3 is 0 Å². The molecule has 1 aromatic rings. The SMILES string of the molecule is CCCNC(=NCc1cc(Cl)c(OCC)c(OC)c1)NCC.I. The Bertz CT molecular complexity index is 498. The average molecular weight is 456 g/mol. The van der Waals surface area contributed by atoms with E-state index in [1.807, 2.05) is 26.0 Å². The standard InChI is InChI=1S/C16H26ClN3O2.HI/c1-5-8-19-16(18-6-2)20-11-12-9-13(17)15(22-7-3)14(10-12)21-4;/h9-10H,5-8,11H2,1-4H3,(H2,18,19,20);1H. The predicted octanol–water partition coefficient (Wildman–Crippen LogP) is 3.83. The number of benzene rings is 1. The maximum Gasteiger partial charge on any atom is 0.191 e. The Kier molecular flexibility index (Phi) is 12.0. The highest BCUT2D eigenvalue weighted by molar-refractivity contribution is 14.0. The van der Waals surface area contributed by atoms with Crippen molar-refractivity contribution in [1.82, 2.24) is 10.6 Å². The molecule has 0 saturated carbocycles. The first-order chi connectivity index (χ1) is 10.7. The minimum absolute atomic E-state index is 0. The topological polar surface area (TPSA) is 54.9 Å². The van der Waals surface area contributed by atoms with Crippen LogP contribution in [0.2, 0.25) is 5.02 Å². The van der Waals surface area contributed by atoms with Crippen molar-refractivity contribution < 1.29 is 9.47 Å². The van der Waals surface area contributed by atoms with Gasteiger partial charge in [-0.15, -0.1) is 24.0 Å². The van der Waals surface area contributed by atoms with E-state index in [0.717, 1.165) is 31.0 Å². The number of halogens is 2. The molecule has 0 aliphatic rings. The third-order valence-electron chi connectivity index (χ3n) is 2.88. The molecular weight excluding hydrogens is 429 g/mol. The van der Waals surface area contributed by atoms with Gasteiger partial charge in [-0.05, 0) is 38.0 Å². The zero-order chi connectivity index (χ0) is 16.4. The number of hydrogen-bond acceptors (Lipinski definition) is 3. The van der Waals surface area contributed by atoms with Gasteiger partial charge in [-0.2, -0.15) is 0 Å². The second kappa shape index (κ2) is 12.5. The fraction of sp³-hybridized carbons (Fsp3) is 0.562. The van der Waals surface area contributed by atoms with Gasteiger partial charge in [0, 0.05) is 13.1 Å². The summed E-state index contributed by atoms with van der Waals surface area (Å²) in [5.41, 5.74) is 0.971. The molecule has 7 heteroatoms. The molecular formula is C16H27ClIN3O2. The highest BCUT2D eigenvalue weighted by Gasteiger charge is 2.11. The van der Waals surface area contributed by atoms with Gasteiger partial charge in [0.15, 0.2) is 17.5 Å². The number of guanidine groups is 1. The lowest BCUT2D eigenvalue weighted by molar-refractivity contribution is 0.311. The first kappa shape index (κ1) is 22.1. The van der Waals surface area contributed by atoms with Crippen LogP contribution in [0.1, 0.15) is 32.8 Å². The Morgan fingerprint density at radius 1 is 1.22 bits per heavy atom. The van der Waals surface area contributed by atoms with Crippen LogP contribution >= 0.6 is 35.6 Å². The Labute approximate surface area is 161 Å². The molecule has 0 aliphatic heterocycles. The van der Waals surface area contributed by atoms with Crippen molar-refractivity contribution in [3.63, 3.8) is 0 Å². The number of nitrogens with one attached hydrogen (secondary N) is 2. The van der Waals surface area contributed by atoms with Gasteiger partial charge in [0.25, 0.3) is 0 Å². The van der Waals surface area contributed by atoms with E-state index in [-0.39, 0.29) is 24.0 Å². The van der Waals surface area contributed by atoms with Gasteiger partial charge in [-0.1, -0.05) is 18.5 Å². The van der Waals surface area contributed by atoms with E-state index < -0.39 is 0 Å². The highest BCUT2D eigenvalue weighted by atomic mass is 127. The molecule has 1 rings (SSSR count). The molecule has 0 heterocycles. The van der Waals surface area contributed by atoms with Crippen LogP contribution in [0.5, 0.6) is 11.5 Å². The van der Waals surface area contributed by atoms with Crippen LogP contribution in [-0.2, 0) is 6.54 Å². The fourth-order valence-electron chi connectivity index (χ4n) is 1.90. The van der Waals surface area contributed by atoms with Crippen LogP contribution < -0.4 is 20.1 Å². The van der Waals surface area contributed by atoms with Crippen LogP contribution in [0.4, 0.5) is 0 Å². The number of aliphatic imine (C=N–C) groups is 1. The summed E-state index contributed by atoms with van der Waals surface area (Å²) in [7, 11) is 1.61. The van der Waals surface area contributed by atoms with Gasteiger partial charge in [0.05, 0.1) is 25.3 Å². The Hall–Kier alpha value is -0.890. The van der Waals surface area contributed by atoms with E-state index >= 15 is 0 Å². The molecule has 0 saturated heterocycles. The zero-order valence-electron chi connectivity index (χ0n) is 14.2. The molecule has 0 spiro atoms. The molecule has 0 aliphatic carbocycles. The van der Waals surface area contributed by atoms with E-state index in [1.165, 1.54) is 0 Å². The number of nitrogens with zero attached hydrogens (tertiary/aromatic N) is 1. The molecule has 132 valence electrons. The zero-order valence-corrected chi connectivity index (χ0v) is 17.3. The first-order valence-corrected chi connectivity index (χ1v) is 8.05. The maximum absolute atomic E-state index is 6.27. The summed E-state index contributed by atoms with van der Waals surface area (Å²) in [5.74, 6) is 2.01. The normalized spacial score (nSPS) is 10.7. The summed E-state index contributed by atoms with van der Waals surface area (Å²) in [6, 6.07) is 3.77. The van der Waals surface area contributed by atoms with Crippen LogP contribution in [-0.4, -0.2) is 32.8 Å². The molecule has 0 fully saturated rings. The largest absolute Gasteiger partial charge is 0.493 e. The summed E-state index contributed by atoms with van der Waals surface area (Å²) in [5, 5.41) is 7.02. The fourth-order valence-corrected chi connectivity index (χ4v) is 2.19. The van der Waals surface area contributed by atoms with Crippen molar-refractivity contribution in [3.05, 3.63) is 22.7 Å². The smallest absolute Gasteiger partial charge is 0.191 e. The number of ether oxygens (including phenoxy) is 2. The van der Waals surface area contributed by atoms with Crippen LogP contribution in [0.3, 0.4) is 0 Å². The van der Waals surface area contributed by atoms with Crippen molar-refractivity contribution in [1.29, 1.82) is 0 Å². The summed E-state index contributed by atoms with van der Waals surface area (Å²) < 4.78 is 10.9. The van der Waals surface area contributed by atoms with Gasteiger partial charge in [-0.3, -0.25) is 0 Å². The second-order valence-electron chi connectivity index (χ2n) is 4.66. The lowest BCUT2D eigenvalue weighted by Gasteiger charge is -2.13. The summed E-state index contributed by atoms with van der Waals surface area (Å²) in [4.78, 5) is 4.55. The maximum atomic E-state index is 6.27. The van der Waals surface area contributed by atoms with Crippen molar-refractivity contribution >= 4 is 41.5 Å². The first-order valence-electron chi connectivity index (χ1n) is 7.67. The van der Waals surface area contributed by atoms with Gasteiger partial charge in [-0.25, -0.2) is 4.99 Å². The average Bonchev–Trinajstić information content (AvgIpc) is 2.52. The van der Waals surface area contributed by atoms with E-state index in [1.54, 1.807) is 7.11 Å². The summed E-state index contributed by atoms with van der Waals surface area (Å²) >= 11 is 6.27. The van der Waals surface area contributed by atoms with Gasteiger partial charge in [0.1, 0.15) is 0 Å². The second-order valence-corrected chi connectivity index (χ2v) is 5.07. The predicted molar refractivity (Wildman–Crippen MR) is 108 cm³/mol. The van der Waals surface area contributed by atoms with Crippen LogP contribution in [0, 0.1) is 0 Å². The third-order valence-corrected chi connectivity index (χ3v) is 3.17. The van der Waals surface area contributed by atoms with Crippen molar-refractivity contribution in [2.45, 2.75) is 33.7 Å². The monoisotopic (exact) mass is 455 g/mol. The van der Waals surface area contributed by atoms with Gasteiger partial charge < -0.3 is 20.1 Å². The molecule has 2 N–H and O–H groups in total. The Morgan fingerprint density at radius 3 is 2.52 bits per heavy atom. The minimum Gasteiger partial charge on any atom is -0.493 e. The quantitative estimate of drug-likeness (QED) is 0.355. The molecule has 0 atom stereocenters. The number of rotatable bonds is 8. The molecule has 0 radical (unpaired) electrons. The van der Waals surface area contributed by atoms with E-state index in [4.69, 9.17) is 21.1 Å². The molecule has 23 heavy (non-hydrogen) atoms. The lowest BCUT2D eigenvalue weighted by Crippen LogP contribution is -2.37. The molecule has 5 nitrogen and oxygen atoms in total. The van der Waals surface area contributed by atoms with Gasteiger partial charge in [0.2, 0.25) is 0 Å². The minimum atomic E-state index is 0. The Morgan fingerprint density at radius 2 is 1.96 bits per heavy atom. The van der Waals surface area contributed by atoms with Crippen LogP contribution in [0.15, 0.2) is 17.1 Å². The lowest BCUT2D eigenvalue weighted by atomic mass is 10.2. The van der Waals surface area contributed by atoms with E-state index in [0.29, 0.717) is 29.7 Å². The summed E-state index contributed by atoms with van der Waals surface area (Å²) in [6.07, 6.45) is 1.05. The molecule has 0 amide bonds. The molecule has 0 bridgehead atoms. The number of methoxy groups -OCH3 is 1. The van der Waals surface area contributed by atoms with Crippen LogP contribution in [0.25, 0.3) is 0 Å². The molecule has 0 unspecified atom stereocenters. The molecule has 0 aromatic heterocycles. The van der Waals surface area contributed by atoms with E-state index in [2.05, 4.69) is 22.5 Å². The van der Waals surface area contributed by atoms with Crippen molar-refractivity contribution in [3.8, 4) is 11.5 Å².